The normalized spacial score (nSPS) is 18.1. The molecule has 4 heterocycles. The third kappa shape index (κ3) is 3.23. The summed E-state index contributed by atoms with van der Waals surface area (Å²) in [4.78, 5) is 0. The van der Waals surface area contributed by atoms with Crippen LogP contribution >= 0.6 is 0 Å². The molecule has 0 radical (unpaired) electrons. The lowest BCUT2D eigenvalue weighted by Gasteiger charge is -2.33. The maximum atomic E-state index is 2.67. The molecule has 6 aromatic rings. The van der Waals surface area contributed by atoms with Crippen LogP contribution in [-0.2, 0) is 0 Å². The average Bonchev–Trinajstić information content (AvgIpc) is 3.89. The van der Waals surface area contributed by atoms with E-state index in [0.717, 1.165) is 0 Å². The Kier molecular flexibility index (Phi) is 5.34. The Bertz CT molecular complexity index is 1960. The number of hydrogen-bond acceptors (Lipinski definition) is 0. The van der Waals surface area contributed by atoms with Crippen LogP contribution in [0, 0.1) is 0 Å². The predicted octanol–water partition coefficient (Wildman–Crippen LogP) is 8.85. The standard InChI is InChI=1S/C42H36Si2/c1-3-13-29(14-4-1)31-19-21-35-37(27-31)43(23-9-10-24-43)41-39(35)33-17-7-8-18-34(33)40-36-22-20-32(30-15-5-2-6-16-30)28-38(36)44(42(40)41)25-11-12-26-44/h1-8,13-22,27-28H,9-12,23-26H2. The molecule has 2 fully saturated rings. The first-order chi connectivity index (χ1) is 21.8. The van der Waals surface area contributed by atoms with E-state index in [-0.39, 0.29) is 0 Å². The first-order valence-corrected chi connectivity index (χ1v) is 21.6. The van der Waals surface area contributed by atoms with E-state index in [4.69, 9.17) is 0 Å². The first-order valence-electron chi connectivity index (χ1n) is 16.8. The van der Waals surface area contributed by atoms with E-state index in [9.17, 15) is 0 Å². The molecule has 0 aromatic heterocycles. The summed E-state index contributed by atoms with van der Waals surface area (Å²) in [6.07, 6.45) is 5.56. The van der Waals surface area contributed by atoms with E-state index in [1.165, 1.54) is 82.9 Å². The molecule has 0 bridgehead atoms. The Labute approximate surface area is 262 Å². The van der Waals surface area contributed by atoms with Crippen molar-refractivity contribution in [3.8, 4) is 44.5 Å². The van der Waals surface area contributed by atoms with Gasteiger partial charge >= 0.3 is 0 Å². The molecule has 2 spiro atoms. The van der Waals surface area contributed by atoms with Gasteiger partial charge in [0.25, 0.3) is 0 Å². The van der Waals surface area contributed by atoms with Gasteiger partial charge in [0.05, 0.1) is 0 Å². The van der Waals surface area contributed by atoms with Crippen molar-refractivity contribution in [2.24, 2.45) is 0 Å². The van der Waals surface area contributed by atoms with Gasteiger partial charge < -0.3 is 0 Å². The van der Waals surface area contributed by atoms with Gasteiger partial charge in [0.2, 0.25) is 0 Å². The first kappa shape index (κ1) is 25.4. The van der Waals surface area contributed by atoms with Crippen molar-refractivity contribution >= 4 is 47.7 Å². The van der Waals surface area contributed by atoms with Crippen molar-refractivity contribution in [2.75, 3.05) is 0 Å². The molecule has 0 atom stereocenters. The molecule has 6 aromatic carbocycles. The van der Waals surface area contributed by atoms with Crippen molar-refractivity contribution in [1.29, 1.82) is 0 Å². The molecule has 44 heavy (non-hydrogen) atoms. The zero-order valence-electron chi connectivity index (χ0n) is 25.2. The SMILES string of the molecule is c1ccc(-c2ccc3c(c2)[Si]2(CCCC2)c2c4c(c5ccccc5c2-3)-c2ccc(-c3ccccc3)cc2[Si]42CCCC2)cc1. The Hall–Kier alpha value is -3.99. The van der Waals surface area contributed by atoms with Gasteiger partial charge in [-0.05, 0) is 100 Å². The average molecular weight is 597 g/mol. The van der Waals surface area contributed by atoms with Crippen LogP contribution in [0.1, 0.15) is 25.7 Å². The highest BCUT2D eigenvalue weighted by Crippen LogP contribution is 2.49. The molecule has 0 nitrogen and oxygen atoms in total. The van der Waals surface area contributed by atoms with Crippen LogP contribution in [0.25, 0.3) is 55.3 Å². The largest absolute Gasteiger partial charge is 0.119 e. The molecule has 0 unspecified atom stereocenters. The maximum absolute atomic E-state index is 2.67. The Balaban J connectivity index is 1.31. The van der Waals surface area contributed by atoms with Gasteiger partial charge in [-0.3, -0.25) is 0 Å². The van der Waals surface area contributed by atoms with Gasteiger partial charge in [0.15, 0.2) is 0 Å². The van der Waals surface area contributed by atoms with Crippen LogP contribution in [-0.4, -0.2) is 16.1 Å². The van der Waals surface area contributed by atoms with Crippen molar-refractivity contribution < 1.29 is 0 Å². The molecule has 0 aliphatic carbocycles. The van der Waals surface area contributed by atoms with E-state index < -0.39 is 16.1 Å². The number of rotatable bonds is 2. The second-order valence-electron chi connectivity index (χ2n) is 13.9. The van der Waals surface area contributed by atoms with E-state index >= 15 is 0 Å². The molecular formula is C42H36Si2. The lowest BCUT2D eigenvalue weighted by molar-refractivity contribution is 0.935. The van der Waals surface area contributed by atoms with E-state index in [1.54, 1.807) is 32.6 Å². The van der Waals surface area contributed by atoms with Crippen molar-refractivity contribution in [1.82, 2.24) is 0 Å². The fourth-order valence-electron chi connectivity index (χ4n) is 10.2. The Morgan fingerprint density at radius 2 is 0.750 bits per heavy atom. The monoisotopic (exact) mass is 596 g/mol. The topological polar surface area (TPSA) is 0 Å². The summed E-state index contributed by atoms with van der Waals surface area (Å²) in [5.74, 6) is 0. The molecule has 2 saturated heterocycles. The van der Waals surface area contributed by atoms with Crippen molar-refractivity contribution in [3.63, 3.8) is 0 Å². The summed E-state index contributed by atoms with van der Waals surface area (Å²) in [5, 5.41) is 10.4. The second-order valence-corrected chi connectivity index (χ2v) is 22.3. The fourth-order valence-corrected chi connectivity index (χ4v) is 23.1. The molecule has 2 heteroatoms. The Morgan fingerprint density at radius 1 is 0.364 bits per heavy atom. The lowest BCUT2D eigenvalue weighted by Crippen LogP contribution is -2.66. The zero-order chi connectivity index (χ0) is 28.9. The van der Waals surface area contributed by atoms with Gasteiger partial charge in [-0.1, -0.05) is 147 Å². The highest BCUT2D eigenvalue weighted by molar-refractivity contribution is 7.15. The molecule has 0 saturated carbocycles. The summed E-state index contributed by atoms with van der Waals surface area (Å²) in [7, 11) is -3.85. The molecule has 4 aliphatic rings. The number of hydrogen-bond donors (Lipinski definition) is 0. The lowest BCUT2D eigenvalue weighted by atomic mass is 9.91. The zero-order valence-corrected chi connectivity index (χ0v) is 27.2. The van der Waals surface area contributed by atoms with Crippen LogP contribution in [0.2, 0.25) is 24.2 Å². The Morgan fingerprint density at radius 3 is 1.16 bits per heavy atom. The highest BCUT2D eigenvalue weighted by atomic mass is 28.3. The van der Waals surface area contributed by atoms with E-state index in [2.05, 4.69) is 121 Å². The molecule has 0 amide bonds. The van der Waals surface area contributed by atoms with Gasteiger partial charge in [-0.25, -0.2) is 0 Å². The summed E-state index contributed by atoms with van der Waals surface area (Å²) in [6.45, 7) is 0. The highest BCUT2D eigenvalue weighted by Gasteiger charge is 2.56. The number of benzene rings is 6. The van der Waals surface area contributed by atoms with Crippen molar-refractivity contribution in [2.45, 2.75) is 49.9 Å². The molecule has 4 aliphatic heterocycles. The third-order valence-electron chi connectivity index (χ3n) is 11.9. The summed E-state index contributed by atoms with van der Waals surface area (Å²) < 4.78 is 0. The van der Waals surface area contributed by atoms with Crippen LogP contribution < -0.4 is 20.7 Å². The van der Waals surface area contributed by atoms with Crippen LogP contribution in [0.4, 0.5) is 0 Å². The van der Waals surface area contributed by atoms with Crippen molar-refractivity contribution in [3.05, 3.63) is 121 Å². The van der Waals surface area contributed by atoms with E-state index in [1.807, 2.05) is 10.4 Å². The van der Waals surface area contributed by atoms with Crippen LogP contribution in [0.3, 0.4) is 0 Å². The quantitative estimate of drug-likeness (QED) is 0.175. The molecular weight excluding hydrogens is 561 g/mol. The fraction of sp³-hybridized carbons (Fsp3) is 0.190. The van der Waals surface area contributed by atoms with Gasteiger partial charge in [-0.2, -0.15) is 0 Å². The summed E-state index contributed by atoms with van der Waals surface area (Å²) in [6, 6.07) is 52.7. The summed E-state index contributed by atoms with van der Waals surface area (Å²) in [5.41, 5.74) is 12.0. The minimum absolute atomic E-state index is 1.35. The number of fused-ring (bicyclic) bond motifs is 14. The molecule has 10 rings (SSSR count). The predicted molar refractivity (Wildman–Crippen MR) is 193 cm³/mol. The smallest absolute Gasteiger partial charge is 0.0622 e. The second kappa shape index (κ2) is 9.26. The molecule has 212 valence electrons. The summed E-state index contributed by atoms with van der Waals surface area (Å²) >= 11 is 0. The minimum Gasteiger partial charge on any atom is -0.0622 e. The third-order valence-corrected chi connectivity index (χ3v) is 22.8. The van der Waals surface area contributed by atoms with E-state index in [0.29, 0.717) is 0 Å². The van der Waals surface area contributed by atoms with Gasteiger partial charge in [-0.15, -0.1) is 0 Å². The van der Waals surface area contributed by atoms with Gasteiger partial charge in [0.1, 0.15) is 16.1 Å². The minimum atomic E-state index is -1.92. The maximum Gasteiger partial charge on any atom is 0.119 e. The van der Waals surface area contributed by atoms with Crippen LogP contribution in [0.5, 0.6) is 0 Å². The molecule has 0 N–H and O–H groups in total. The van der Waals surface area contributed by atoms with Crippen LogP contribution in [0.15, 0.2) is 121 Å². The van der Waals surface area contributed by atoms with Gasteiger partial charge in [0, 0.05) is 0 Å².